The van der Waals surface area contributed by atoms with Crippen LogP contribution in [0.4, 0.5) is 17.3 Å². The fourth-order valence-electron chi connectivity index (χ4n) is 3.79. The molecular weight excluding hydrogens is 366 g/mol. The van der Waals surface area contributed by atoms with E-state index in [0.717, 1.165) is 18.9 Å². The average molecular weight is 387 g/mol. The smallest absolute Gasteiger partial charge is 0.158 e. The van der Waals surface area contributed by atoms with Crippen molar-refractivity contribution in [2.75, 3.05) is 36.4 Å². The molecule has 5 rings (SSSR count). The van der Waals surface area contributed by atoms with Crippen molar-refractivity contribution >= 4 is 17.3 Å². The molecule has 3 aromatic rings. The van der Waals surface area contributed by atoms with Gasteiger partial charge in [-0.15, -0.1) is 0 Å². The van der Waals surface area contributed by atoms with E-state index in [1.807, 2.05) is 29.1 Å². The van der Waals surface area contributed by atoms with Crippen LogP contribution in [0.3, 0.4) is 0 Å². The minimum absolute atomic E-state index is 0.277. The van der Waals surface area contributed by atoms with Gasteiger partial charge < -0.3 is 10.2 Å². The van der Waals surface area contributed by atoms with Gasteiger partial charge in [-0.25, -0.2) is 19.9 Å². The van der Waals surface area contributed by atoms with Gasteiger partial charge in [0.2, 0.25) is 0 Å². The van der Waals surface area contributed by atoms with Crippen LogP contribution >= 0.6 is 0 Å². The van der Waals surface area contributed by atoms with E-state index in [9.17, 15) is 0 Å². The van der Waals surface area contributed by atoms with Crippen LogP contribution in [-0.4, -0.2) is 61.6 Å². The zero-order valence-corrected chi connectivity index (χ0v) is 15.9. The summed E-state index contributed by atoms with van der Waals surface area (Å²) in [6.07, 6.45) is 11.0. The van der Waals surface area contributed by atoms with Crippen LogP contribution in [0.15, 0.2) is 43.2 Å². The van der Waals surface area contributed by atoms with Gasteiger partial charge in [0.25, 0.3) is 0 Å². The third-order valence-electron chi connectivity index (χ3n) is 5.54. The minimum atomic E-state index is 0.277. The van der Waals surface area contributed by atoms with Gasteiger partial charge in [0.05, 0.1) is 30.5 Å². The average Bonchev–Trinajstić information content (AvgIpc) is 3.38. The number of likely N-dealkylation sites (tertiary alicyclic amines) is 1. The molecule has 0 aromatic carbocycles. The number of aromatic nitrogens is 5. The number of rotatable bonds is 5. The molecule has 0 aliphatic carbocycles. The maximum atomic E-state index is 8.79. The second-order valence-electron chi connectivity index (χ2n) is 7.34. The molecule has 0 bridgehead atoms. The Balaban J connectivity index is 1.24. The molecule has 0 saturated carbocycles. The lowest BCUT2D eigenvalue weighted by atomic mass is 10.1. The van der Waals surface area contributed by atoms with Crippen LogP contribution in [0.5, 0.6) is 0 Å². The van der Waals surface area contributed by atoms with Gasteiger partial charge in [-0.1, -0.05) is 0 Å². The Bertz CT molecular complexity index is 1020. The lowest BCUT2D eigenvalue weighted by Gasteiger charge is -2.36. The van der Waals surface area contributed by atoms with Crippen LogP contribution in [-0.2, 0) is 0 Å². The number of nitrogens with one attached hydrogen (secondary N) is 1. The maximum Gasteiger partial charge on any atom is 0.158 e. The number of pyridine rings is 1. The summed E-state index contributed by atoms with van der Waals surface area (Å²) in [6.45, 7) is 4.68. The third kappa shape index (κ3) is 3.62. The van der Waals surface area contributed by atoms with E-state index in [0.29, 0.717) is 17.7 Å². The van der Waals surface area contributed by atoms with Gasteiger partial charge in [0.1, 0.15) is 29.9 Å². The van der Waals surface area contributed by atoms with E-state index >= 15 is 0 Å². The minimum Gasteiger partial charge on any atom is -0.369 e. The second-order valence-corrected chi connectivity index (χ2v) is 7.34. The first-order chi connectivity index (χ1) is 14.3. The molecule has 9 nitrogen and oxygen atoms in total. The monoisotopic (exact) mass is 387 g/mol. The summed E-state index contributed by atoms with van der Waals surface area (Å²) in [7, 11) is 0. The Morgan fingerprint density at radius 1 is 1.00 bits per heavy atom. The Morgan fingerprint density at radius 2 is 1.93 bits per heavy atom. The number of anilines is 3. The van der Waals surface area contributed by atoms with Gasteiger partial charge in [0.15, 0.2) is 5.69 Å². The number of nitrogens with zero attached hydrogens (tertiary/aromatic N) is 8. The molecule has 0 spiro atoms. The molecule has 1 atom stereocenters. The van der Waals surface area contributed by atoms with E-state index in [-0.39, 0.29) is 5.69 Å². The summed E-state index contributed by atoms with van der Waals surface area (Å²) in [6, 6.07) is 6.78. The van der Waals surface area contributed by atoms with E-state index in [4.69, 9.17) is 5.26 Å². The van der Waals surface area contributed by atoms with Crippen LogP contribution in [0.2, 0.25) is 0 Å². The molecule has 29 heavy (non-hydrogen) atoms. The first kappa shape index (κ1) is 17.6. The molecule has 0 radical (unpaired) electrons. The molecule has 2 fully saturated rings. The van der Waals surface area contributed by atoms with Crippen LogP contribution in [0, 0.1) is 11.3 Å². The van der Waals surface area contributed by atoms with Crippen molar-refractivity contribution in [2.24, 2.45) is 0 Å². The first-order valence-corrected chi connectivity index (χ1v) is 9.77. The van der Waals surface area contributed by atoms with Crippen molar-refractivity contribution in [2.45, 2.75) is 18.9 Å². The van der Waals surface area contributed by atoms with Gasteiger partial charge in [-0.2, -0.15) is 5.26 Å². The van der Waals surface area contributed by atoms with Gasteiger partial charge >= 0.3 is 0 Å². The van der Waals surface area contributed by atoms with Crippen LogP contribution < -0.4 is 10.2 Å². The lowest BCUT2D eigenvalue weighted by molar-refractivity contribution is 0.129. The maximum absolute atomic E-state index is 8.79. The predicted octanol–water partition coefficient (Wildman–Crippen LogP) is 1.96. The Labute approximate surface area is 168 Å². The lowest BCUT2D eigenvalue weighted by Crippen LogP contribution is -2.46. The summed E-state index contributed by atoms with van der Waals surface area (Å²) >= 11 is 0. The molecule has 5 heterocycles. The molecule has 0 amide bonds. The summed E-state index contributed by atoms with van der Waals surface area (Å²) < 4.78 is 1.86. The number of imidazole rings is 1. The van der Waals surface area contributed by atoms with Gasteiger partial charge in [-0.3, -0.25) is 9.47 Å². The summed E-state index contributed by atoms with van der Waals surface area (Å²) in [5.74, 6) is 1.97. The van der Waals surface area contributed by atoms with Crippen molar-refractivity contribution in [1.82, 2.24) is 29.4 Å². The highest BCUT2D eigenvalue weighted by molar-refractivity contribution is 5.51. The normalized spacial score (nSPS) is 19.0. The molecule has 146 valence electrons. The van der Waals surface area contributed by atoms with Gasteiger partial charge in [0, 0.05) is 19.1 Å². The topological polar surface area (TPSA) is 98.8 Å². The highest BCUT2D eigenvalue weighted by atomic mass is 15.3. The summed E-state index contributed by atoms with van der Waals surface area (Å²) in [5.41, 5.74) is 1.45. The largest absolute Gasteiger partial charge is 0.369 e. The SMILES string of the molecule is N#Cc1cnc(Nc2cn(-c3ccc(N4CC[C@@H](N5CCC5)C4)cn3)cn2)cn1. The van der Waals surface area contributed by atoms with E-state index in [1.54, 1.807) is 6.33 Å². The quantitative estimate of drug-likeness (QED) is 0.709. The molecule has 0 unspecified atom stereocenters. The number of hydrogen-bond acceptors (Lipinski definition) is 8. The van der Waals surface area contributed by atoms with Crippen molar-refractivity contribution in [1.29, 1.82) is 5.26 Å². The Hall–Kier alpha value is -3.51. The molecule has 1 N–H and O–H groups in total. The van der Waals surface area contributed by atoms with E-state index in [2.05, 4.69) is 41.1 Å². The zero-order valence-electron chi connectivity index (χ0n) is 15.9. The fourth-order valence-corrected chi connectivity index (χ4v) is 3.79. The Kier molecular flexibility index (Phi) is 4.54. The molecule has 2 saturated heterocycles. The molecule has 9 heteroatoms. The first-order valence-electron chi connectivity index (χ1n) is 9.77. The molecule has 2 aliphatic heterocycles. The van der Waals surface area contributed by atoms with Crippen LogP contribution in [0.25, 0.3) is 5.82 Å². The number of nitriles is 1. The van der Waals surface area contributed by atoms with Crippen molar-refractivity contribution in [3.05, 3.63) is 48.9 Å². The van der Waals surface area contributed by atoms with Gasteiger partial charge in [-0.05, 0) is 38.1 Å². The summed E-state index contributed by atoms with van der Waals surface area (Å²) in [5, 5.41) is 11.9. The summed E-state index contributed by atoms with van der Waals surface area (Å²) in [4.78, 5) is 22.1. The second kappa shape index (κ2) is 7.48. The third-order valence-corrected chi connectivity index (χ3v) is 5.54. The molecular formula is C20H21N9. The zero-order chi connectivity index (χ0) is 19.6. The molecule has 2 aliphatic rings. The van der Waals surface area contributed by atoms with Crippen molar-refractivity contribution in [3.63, 3.8) is 0 Å². The number of hydrogen-bond donors (Lipinski definition) is 1. The Morgan fingerprint density at radius 3 is 2.62 bits per heavy atom. The highest BCUT2D eigenvalue weighted by Crippen LogP contribution is 2.25. The predicted molar refractivity (Wildman–Crippen MR) is 108 cm³/mol. The standard InChI is InChI=1S/C20H21N9/c21-8-15-9-23-18(11-22-15)26-19-13-29(14-25-19)20-3-2-16(10-24-20)28-7-4-17(12-28)27-5-1-6-27/h2-3,9-11,13-14,17H,1,4-7,12H2,(H,23,26)/t17-/m1/s1. The highest BCUT2D eigenvalue weighted by Gasteiger charge is 2.30. The van der Waals surface area contributed by atoms with E-state index in [1.165, 1.54) is 44.0 Å². The van der Waals surface area contributed by atoms with Crippen LogP contribution in [0.1, 0.15) is 18.5 Å². The van der Waals surface area contributed by atoms with Crippen molar-refractivity contribution in [3.8, 4) is 11.9 Å². The fraction of sp³-hybridized carbons (Fsp3) is 0.350. The van der Waals surface area contributed by atoms with Crippen molar-refractivity contribution < 1.29 is 0 Å². The molecule has 3 aromatic heterocycles. The van der Waals surface area contributed by atoms with E-state index < -0.39 is 0 Å².